The molecule has 0 spiro atoms. The molecule has 3 N–H and O–H groups in total. The summed E-state index contributed by atoms with van der Waals surface area (Å²) in [5, 5.41) is 0. The Morgan fingerprint density at radius 1 is 1.28 bits per heavy atom. The van der Waals surface area contributed by atoms with Gasteiger partial charge in [-0.3, -0.25) is 4.99 Å². The summed E-state index contributed by atoms with van der Waals surface area (Å²) in [6.45, 7) is 2.96. The monoisotopic (exact) mass is 257 g/mol. The number of nitrogens with zero attached hydrogens (tertiary/aromatic N) is 1. The summed E-state index contributed by atoms with van der Waals surface area (Å²) >= 11 is 0. The van der Waals surface area contributed by atoms with Crippen LogP contribution in [0.15, 0.2) is 29.3 Å². The fourth-order valence-corrected chi connectivity index (χ4v) is 1.31. The van der Waals surface area contributed by atoms with Crippen molar-refractivity contribution in [2.45, 2.75) is 32.9 Å². The second-order valence-electron chi connectivity index (χ2n) is 4.68. The highest BCUT2D eigenvalue weighted by atomic mass is 19.3. The van der Waals surface area contributed by atoms with Crippen LogP contribution >= 0.6 is 0 Å². The number of alkyl halides is 2. The third-order valence-corrected chi connectivity index (χ3v) is 1.94. The first-order chi connectivity index (χ1) is 8.31. The van der Waals surface area contributed by atoms with E-state index in [1.54, 1.807) is 12.1 Å². The van der Waals surface area contributed by atoms with Crippen molar-refractivity contribution in [1.82, 2.24) is 5.43 Å². The molecule has 0 bridgehead atoms. The van der Waals surface area contributed by atoms with Crippen molar-refractivity contribution in [3.63, 3.8) is 0 Å². The maximum absolute atomic E-state index is 12.0. The quantitative estimate of drug-likeness (QED) is 0.378. The molecule has 4 nitrogen and oxygen atoms in total. The van der Waals surface area contributed by atoms with Crippen LogP contribution in [0.5, 0.6) is 5.75 Å². The standard InChI is InChI=1S/C12H17F2N3O/c1-12(2,3)16-10(17-15)8-4-6-9(7-5-8)18-11(13)14/h4-7,11H,15H2,1-3H3,(H,16,17). The van der Waals surface area contributed by atoms with Gasteiger partial charge in [0.1, 0.15) is 11.6 Å². The summed E-state index contributed by atoms with van der Waals surface area (Å²) in [4.78, 5) is 4.38. The van der Waals surface area contributed by atoms with E-state index in [0.29, 0.717) is 11.4 Å². The molecule has 6 heteroatoms. The van der Waals surface area contributed by atoms with Gasteiger partial charge in [0.05, 0.1) is 5.54 Å². The highest BCUT2D eigenvalue weighted by Crippen LogP contribution is 2.16. The van der Waals surface area contributed by atoms with E-state index in [9.17, 15) is 8.78 Å². The molecule has 0 aromatic heterocycles. The molecule has 0 saturated heterocycles. The lowest BCUT2D eigenvalue weighted by molar-refractivity contribution is -0.0498. The van der Waals surface area contributed by atoms with Gasteiger partial charge < -0.3 is 10.2 Å². The van der Waals surface area contributed by atoms with Gasteiger partial charge in [-0.25, -0.2) is 5.84 Å². The zero-order valence-corrected chi connectivity index (χ0v) is 10.6. The molecule has 1 rings (SSSR count). The number of nitrogens with one attached hydrogen (secondary N) is 1. The number of benzene rings is 1. The van der Waals surface area contributed by atoms with Crippen molar-refractivity contribution in [1.29, 1.82) is 0 Å². The Hall–Kier alpha value is -1.69. The van der Waals surface area contributed by atoms with Crippen LogP contribution in [-0.2, 0) is 0 Å². The Labute approximate surface area is 105 Å². The molecule has 100 valence electrons. The van der Waals surface area contributed by atoms with Crippen molar-refractivity contribution in [2.75, 3.05) is 0 Å². The number of nitrogens with two attached hydrogens (primary N) is 1. The van der Waals surface area contributed by atoms with Crippen LogP contribution in [0.3, 0.4) is 0 Å². The van der Waals surface area contributed by atoms with E-state index in [1.165, 1.54) is 12.1 Å². The van der Waals surface area contributed by atoms with E-state index in [2.05, 4.69) is 15.2 Å². The predicted octanol–water partition coefficient (Wildman–Crippen LogP) is 2.30. The lowest BCUT2D eigenvalue weighted by Crippen LogP contribution is -2.33. The smallest absolute Gasteiger partial charge is 0.387 e. The average Bonchev–Trinajstić information content (AvgIpc) is 2.25. The van der Waals surface area contributed by atoms with E-state index in [1.807, 2.05) is 20.8 Å². The van der Waals surface area contributed by atoms with Crippen molar-refractivity contribution in [2.24, 2.45) is 10.8 Å². The summed E-state index contributed by atoms with van der Waals surface area (Å²) in [5.41, 5.74) is 2.91. The largest absolute Gasteiger partial charge is 0.435 e. The summed E-state index contributed by atoms with van der Waals surface area (Å²) in [7, 11) is 0. The SMILES string of the molecule is CC(C)(C)N=C(NN)c1ccc(OC(F)F)cc1. The molecule has 0 amide bonds. The van der Waals surface area contributed by atoms with Crippen molar-refractivity contribution < 1.29 is 13.5 Å². The van der Waals surface area contributed by atoms with Gasteiger partial charge in [-0.1, -0.05) is 0 Å². The lowest BCUT2D eigenvalue weighted by atomic mass is 10.1. The molecule has 1 aromatic carbocycles. The summed E-state index contributed by atoms with van der Waals surface area (Å²) in [6, 6.07) is 6.11. The van der Waals surface area contributed by atoms with E-state index in [-0.39, 0.29) is 11.3 Å². The number of aliphatic imine (C=N–C) groups is 1. The molecule has 0 fully saturated rings. The van der Waals surface area contributed by atoms with Gasteiger partial charge >= 0.3 is 6.61 Å². The Morgan fingerprint density at radius 2 is 1.83 bits per heavy atom. The molecular formula is C12H17F2N3O. The van der Waals surface area contributed by atoms with Crippen LogP contribution < -0.4 is 16.0 Å². The molecule has 0 atom stereocenters. The van der Waals surface area contributed by atoms with Gasteiger partial charge in [-0.15, -0.1) is 0 Å². The van der Waals surface area contributed by atoms with Crippen LogP contribution in [0.4, 0.5) is 8.78 Å². The molecule has 0 aliphatic carbocycles. The Bertz CT molecular complexity index is 410. The predicted molar refractivity (Wildman–Crippen MR) is 66.7 cm³/mol. The summed E-state index contributed by atoms with van der Waals surface area (Å²) < 4.78 is 28.2. The van der Waals surface area contributed by atoms with Crippen molar-refractivity contribution in [3.05, 3.63) is 29.8 Å². The van der Waals surface area contributed by atoms with E-state index >= 15 is 0 Å². The number of hydrazine groups is 1. The fourth-order valence-electron chi connectivity index (χ4n) is 1.31. The maximum atomic E-state index is 12.0. The highest BCUT2D eigenvalue weighted by molar-refractivity contribution is 5.98. The maximum Gasteiger partial charge on any atom is 0.387 e. The number of hydrogen-bond donors (Lipinski definition) is 2. The zero-order chi connectivity index (χ0) is 13.8. The van der Waals surface area contributed by atoms with Gasteiger partial charge in [0.15, 0.2) is 0 Å². The number of hydrogen-bond acceptors (Lipinski definition) is 3. The Kier molecular flexibility index (Phi) is 4.61. The fraction of sp³-hybridized carbons (Fsp3) is 0.417. The van der Waals surface area contributed by atoms with E-state index < -0.39 is 6.61 Å². The molecular weight excluding hydrogens is 240 g/mol. The second kappa shape index (κ2) is 5.77. The topological polar surface area (TPSA) is 59.6 Å². The van der Waals surface area contributed by atoms with Crippen LogP contribution in [0.2, 0.25) is 0 Å². The van der Waals surface area contributed by atoms with Gasteiger partial charge in [0.2, 0.25) is 0 Å². The average molecular weight is 257 g/mol. The lowest BCUT2D eigenvalue weighted by Gasteiger charge is -2.16. The minimum atomic E-state index is -2.83. The Morgan fingerprint density at radius 3 is 2.22 bits per heavy atom. The minimum Gasteiger partial charge on any atom is -0.435 e. The first-order valence-corrected chi connectivity index (χ1v) is 5.43. The number of ether oxygens (including phenoxy) is 1. The number of rotatable bonds is 3. The number of amidine groups is 1. The minimum absolute atomic E-state index is 0.0980. The zero-order valence-electron chi connectivity index (χ0n) is 10.6. The molecule has 1 aromatic rings. The molecule has 0 heterocycles. The molecule has 18 heavy (non-hydrogen) atoms. The van der Waals surface area contributed by atoms with Gasteiger partial charge in [0, 0.05) is 5.56 Å². The van der Waals surface area contributed by atoms with Gasteiger partial charge in [0.25, 0.3) is 0 Å². The highest BCUT2D eigenvalue weighted by Gasteiger charge is 2.11. The third-order valence-electron chi connectivity index (χ3n) is 1.94. The molecule has 0 radical (unpaired) electrons. The molecule has 0 aliphatic rings. The van der Waals surface area contributed by atoms with Crippen LogP contribution in [0, 0.1) is 0 Å². The first kappa shape index (κ1) is 14.4. The molecule has 0 unspecified atom stereocenters. The second-order valence-corrected chi connectivity index (χ2v) is 4.68. The number of halogens is 2. The summed E-state index contributed by atoms with van der Waals surface area (Å²) in [5.74, 6) is 5.99. The van der Waals surface area contributed by atoms with Crippen molar-refractivity contribution >= 4 is 5.84 Å². The molecule has 0 saturated carbocycles. The summed E-state index contributed by atoms with van der Waals surface area (Å²) in [6.07, 6.45) is 0. The van der Waals surface area contributed by atoms with Crippen LogP contribution in [0.25, 0.3) is 0 Å². The first-order valence-electron chi connectivity index (χ1n) is 5.43. The van der Waals surface area contributed by atoms with Gasteiger partial charge in [-0.05, 0) is 45.0 Å². The normalized spacial score (nSPS) is 12.7. The van der Waals surface area contributed by atoms with Crippen LogP contribution in [0.1, 0.15) is 26.3 Å². The van der Waals surface area contributed by atoms with E-state index in [0.717, 1.165) is 0 Å². The molecule has 0 aliphatic heterocycles. The van der Waals surface area contributed by atoms with E-state index in [4.69, 9.17) is 5.84 Å². The van der Waals surface area contributed by atoms with Gasteiger partial charge in [-0.2, -0.15) is 8.78 Å². The van der Waals surface area contributed by atoms with Crippen molar-refractivity contribution in [3.8, 4) is 5.75 Å². The van der Waals surface area contributed by atoms with Crippen LogP contribution in [-0.4, -0.2) is 18.0 Å². The Balaban J connectivity index is 2.92. The third kappa shape index (κ3) is 4.67.